The van der Waals surface area contributed by atoms with E-state index in [1.54, 1.807) is 49.6 Å². The van der Waals surface area contributed by atoms with Gasteiger partial charge in [-0.1, -0.05) is 121 Å². The second-order valence-electron chi connectivity index (χ2n) is 13.5. The summed E-state index contributed by atoms with van der Waals surface area (Å²) in [5.41, 5.74) is 6.50. The lowest BCUT2D eigenvalue weighted by molar-refractivity contribution is -0.118. The first kappa shape index (κ1) is 45.3. The zero-order valence-electron chi connectivity index (χ0n) is 32.3. The molecule has 1 fully saturated rings. The first-order chi connectivity index (χ1) is 27.9. The molecule has 5 rings (SSSR count). The van der Waals surface area contributed by atoms with Gasteiger partial charge in [-0.05, 0) is 91.8 Å². The van der Waals surface area contributed by atoms with Crippen LogP contribution in [0, 0.1) is 0 Å². The van der Waals surface area contributed by atoms with E-state index in [9.17, 15) is 9.59 Å². The van der Waals surface area contributed by atoms with Crippen molar-refractivity contribution in [2.24, 2.45) is 15.2 Å². The van der Waals surface area contributed by atoms with Gasteiger partial charge in [0.05, 0.1) is 55.2 Å². The number of nitrogens with one attached hydrogen (secondary N) is 2. The Hall–Kier alpha value is -3.77. The van der Waals surface area contributed by atoms with Gasteiger partial charge in [-0.15, -0.1) is 0 Å². The minimum Gasteiger partial charge on any atom is -0.497 e. The molecule has 1 aliphatic rings. The number of hydrogen-bond donors (Lipinski definition) is 2. The molecule has 0 saturated carbocycles. The molecule has 16 heteroatoms. The Morgan fingerprint density at radius 2 is 1.48 bits per heavy atom. The van der Waals surface area contributed by atoms with Gasteiger partial charge in [0, 0.05) is 12.1 Å². The predicted octanol–water partition coefficient (Wildman–Crippen LogP) is 13.6. The lowest BCUT2D eigenvalue weighted by Crippen LogP contribution is -2.36. The number of amides is 2. The van der Waals surface area contributed by atoms with Gasteiger partial charge in [0.15, 0.2) is 5.84 Å². The number of benzene rings is 4. The van der Waals surface area contributed by atoms with Crippen LogP contribution in [0.3, 0.4) is 0 Å². The number of anilines is 2. The Morgan fingerprint density at radius 3 is 2.16 bits per heavy atom. The Bertz CT molecular complexity index is 2120. The number of hydrogen-bond acceptors (Lipinski definition) is 7. The molecule has 2 amide bonds. The highest BCUT2D eigenvalue weighted by atomic mass is 35.5. The standard InChI is InChI=1S/C42H44Cl6N6O4/c1-4-6-8-11-25-14-21-32(26(23-25)12-9-7-5-2)58-22-10-13-33(55)49-28-17-20-30(43)31(24-28)50-41-39(52-51-27-15-18-29(57-3)19-16-27)42(56)54(53-41)40-37(47)35(45)34(44)36(46)38(40)48/h14-21,23-24,39H,4-13,22H2,1-3H3,(H,49,55)(H,50,53). The SMILES string of the molecule is CCCCCc1ccc(OCCCC(=O)Nc2ccc(Cl)c(N=C3NN(c4c(Cl)c(Cl)c(Cl)c(Cl)c4Cl)C(=O)C3N=Nc3ccc(OC)cc3)c2)c(CCCCC)c1. The van der Waals surface area contributed by atoms with E-state index in [1.807, 2.05) is 0 Å². The highest BCUT2D eigenvalue weighted by molar-refractivity contribution is 6.57. The first-order valence-electron chi connectivity index (χ1n) is 19.0. The van der Waals surface area contributed by atoms with Crippen LogP contribution in [0.25, 0.3) is 0 Å². The second kappa shape index (κ2) is 22.0. The smallest absolute Gasteiger partial charge is 0.280 e. The molecule has 1 unspecified atom stereocenters. The summed E-state index contributed by atoms with van der Waals surface area (Å²) >= 11 is 38.6. The molecule has 1 heterocycles. The van der Waals surface area contributed by atoms with E-state index in [0.29, 0.717) is 30.2 Å². The van der Waals surface area contributed by atoms with Gasteiger partial charge in [0.1, 0.15) is 17.2 Å². The van der Waals surface area contributed by atoms with Crippen molar-refractivity contribution in [3.05, 3.63) is 102 Å². The zero-order valence-corrected chi connectivity index (χ0v) is 36.9. The molecule has 4 aromatic carbocycles. The third-order valence-corrected chi connectivity index (χ3v) is 11.8. The fourth-order valence-electron chi connectivity index (χ4n) is 6.10. The number of carbonyl (C=O) groups is 2. The minimum atomic E-state index is -1.32. The minimum absolute atomic E-state index is 0.0159. The number of unbranched alkanes of at least 4 members (excludes halogenated alkanes) is 4. The van der Waals surface area contributed by atoms with Crippen LogP contribution in [-0.4, -0.2) is 37.4 Å². The van der Waals surface area contributed by atoms with Crippen molar-refractivity contribution in [3.8, 4) is 11.5 Å². The van der Waals surface area contributed by atoms with Crippen LogP contribution in [0.5, 0.6) is 11.5 Å². The van der Waals surface area contributed by atoms with Crippen LogP contribution in [-0.2, 0) is 22.4 Å². The quantitative estimate of drug-likeness (QED) is 0.0421. The van der Waals surface area contributed by atoms with Gasteiger partial charge in [-0.3, -0.25) is 15.0 Å². The monoisotopic (exact) mass is 906 g/mol. The Morgan fingerprint density at radius 1 is 0.810 bits per heavy atom. The largest absolute Gasteiger partial charge is 0.497 e. The lowest BCUT2D eigenvalue weighted by Gasteiger charge is -2.21. The number of carbonyl (C=O) groups excluding carboxylic acids is 2. The fraction of sp³-hybridized carbons (Fsp3) is 0.357. The van der Waals surface area contributed by atoms with Gasteiger partial charge in [-0.2, -0.15) is 10.2 Å². The number of azo groups is 1. The molecule has 0 aromatic heterocycles. The van der Waals surface area contributed by atoms with E-state index in [4.69, 9.17) is 79.1 Å². The second-order valence-corrected chi connectivity index (χ2v) is 15.8. The average molecular weight is 910 g/mol. The molecule has 10 nitrogen and oxygen atoms in total. The van der Waals surface area contributed by atoms with Crippen LogP contribution in [0.15, 0.2) is 75.9 Å². The Balaban J connectivity index is 1.31. The number of hydrazine groups is 1. The zero-order chi connectivity index (χ0) is 41.8. The number of halogens is 6. The number of aryl methyl sites for hydroxylation is 2. The van der Waals surface area contributed by atoms with Crippen molar-refractivity contribution in [1.82, 2.24) is 5.43 Å². The van der Waals surface area contributed by atoms with Crippen molar-refractivity contribution in [2.45, 2.75) is 84.1 Å². The number of methoxy groups -OCH3 is 1. The van der Waals surface area contributed by atoms with Gasteiger partial charge in [-0.25, -0.2) is 10.0 Å². The first-order valence-corrected chi connectivity index (χ1v) is 21.3. The average Bonchev–Trinajstić information content (AvgIpc) is 3.52. The Labute approximate surface area is 369 Å². The summed E-state index contributed by atoms with van der Waals surface area (Å²) in [6.45, 7) is 4.80. The lowest BCUT2D eigenvalue weighted by atomic mass is 10.00. The van der Waals surface area contributed by atoms with Gasteiger partial charge in [0.2, 0.25) is 11.9 Å². The molecule has 0 spiro atoms. The molecule has 2 N–H and O–H groups in total. The normalized spacial score (nSPS) is 14.7. The Kier molecular flexibility index (Phi) is 17.2. The predicted molar refractivity (Wildman–Crippen MR) is 238 cm³/mol. The van der Waals surface area contributed by atoms with E-state index in [-0.39, 0.29) is 59.7 Å². The van der Waals surface area contributed by atoms with Crippen LogP contribution in [0.1, 0.15) is 76.3 Å². The molecule has 1 aliphatic heterocycles. The summed E-state index contributed by atoms with van der Waals surface area (Å²) in [5, 5.41) is 12.2. The number of nitrogens with zero attached hydrogens (tertiary/aromatic N) is 4. The molecule has 4 aromatic rings. The van der Waals surface area contributed by atoms with Crippen molar-refractivity contribution >= 4 is 110 Å². The summed E-state index contributed by atoms with van der Waals surface area (Å²) in [6, 6.07) is 16.7. The molecular formula is C42H44Cl6N6O4. The third-order valence-electron chi connectivity index (χ3n) is 9.23. The van der Waals surface area contributed by atoms with Crippen molar-refractivity contribution < 1.29 is 19.1 Å². The number of amidine groups is 1. The van der Waals surface area contributed by atoms with Crippen molar-refractivity contribution in [3.63, 3.8) is 0 Å². The highest BCUT2D eigenvalue weighted by Crippen LogP contribution is 2.49. The maximum Gasteiger partial charge on any atom is 0.280 e. The molecule has 0 radical (unpaired) electrons. The van der Waals surface area contributed by atoms with E-state index >= 15 is 0 Å². The molecule has 1 saturated heterocycles. The third kappa shape index (κ3) is 11.7. The van der Waals surface area contributed by atoms with Gasteiger partial charge in [0.25, 0.3) is 5.91 Å². The van der Waals surface area contributed by atoms with E-state index < -0.39 is 11.9 Å². The summed E-state index contributed by atoms with van der Waals surface area (Å²) in [7, 11) is 1.55. The molecule has 0 aliphatic carbocycles. The van der Waals surface area contributed by atoms with Crippen LogP contribution >= 0.6 is 69.6 Å². The van der Waals surface area contributed by atoms with Crippen molar-refractivity contribution in [1.29, 1.82) is 0 Å². The van der Waals surface area contributed by atoms with Crippen LogP contribution in [0.4, 0.5) is 22.7 Å². The topological polar surface area (TPSA) is 117 Å². The number of rotatable bonds is 19. The van der Waals surface area contributed by atoms with Crippen LogP contribution in [0.2, 0.25) is 30.1 Å². The van der Waals surface area contributed by atoms with E-state index in [2.05, 4.69) is 58.0 Å². The number of ether oxygens (including phenoxy) is 2. The van der Waals surface area contributed by atoms with E-state index in [1.165, 1.54) is 36.8 Å². The maximum atomic E-state index is 14.0. The molecule has 308 valence electrons. The molecule has 0 bridgehead atoms. The summed E-state index contributed by atoms with van der Waals surface area (Å²) in [4.78, 5) is 31.7. The van der Waals surface area contributed by atoms with Gasteiger partial charge >= 0.3 is 0 Å². The summed E-state index contributed by atoms with van der Waals surface area (Å²) < 4.78 is 11.4. The maximum absolute atomic E-state index is 14.0. The van der Waals surface area contributed by atoms with Crippen LogP contribution < -0.4 is 25.2 Å². The highest BCUT2D eigenvalue weighted by Gasteiger charge is 2.42. The molecule has 58 heavy (non-hydrogen) atoms. The number of aliphatic imine (C=N–C) groups is 1. The summed E-state index contributed by atoms with van der Waals surface area (Å²) in [6.07, 6.45) is 9.77. The van der Waals surface area contributed by atoms with Gasteiger partial charge < -0.3 is 14.8 Å². The molecule has 1 atom stereocenters. The molecular weight excluding hydrogens is 865 g/mol. The van der Waals surface area contributed by atoms with E-state index in [0.717, 1.165) is 36.4 Å². The van der Waals surface area contributed by atoms with Crippen molar-refractivity contribution in [2.75, 3.05) is 24.0 Å². The summed E-state index contributed by atoms with van der Waals surface area (Å²) in [5.74, 6) is 0.636. The fourth-order valence-corrected chi connectivity index (χ4v) is 7.56.